The molecule has 0 aliphatic carbocycles. The number of nitrogens with zero attached hydrogens (tertiary/aromatic N) is 2. The van der Waals surface area contributed by atoms with Crippen molar-refractivity contribution >= 4 is 11.8 Å². The summed E-state index contributed by atoms with van der Waals surface area (Å²) in [6.07, 6.45) is 3.10. The second kappa shape index (κ2) is 6.35. The molecule has 2 atom stereocenters. The number of hydrogen-bond acceptors (Lipinski definition) is 4. The summed E-state index contributed by atoms with van der Waals surface area (Å²) < 4.78 is 0. The molecule has 0 unspecified atom stereocenters. The molecule has 2 amide bonds. The number of primary amides is 1. The highest BCUT2D eigenvalue weighted by Gasteiger charge is 2.24. The van der Waals surface area contributed by atoms with Crippen molar-refractivity contribution in [2.45, 2.75) is 19.4 Å². The van der Waals surface area contributed by atoms with Crippen molar-refractivity contribution in [3.8, 4) is 6.07 Å². The van der Waals surface area contributed by atoms with Crippen LogP contribution in [0.2, 0.25) is 0 Å². The molecule has 1 rings (SSSR count). The van der Waals surface area contributed by atoms with Crippen LogP contribution in [0.4, 0.5) is 0 Å². The molecule has 0 aliphatic heterocycles. The van der Waals surface area contributed by atoms with Crippen molar-refractivity contribution in [1.82, 2.24) is 10.3 Å². The van der Waals surface area contributed by atoms with Gasteiger partial charge in [-0.25, -0.2) is 0 Å². The second-order valence-electron chi connectivity index (χ2n) is 3.93. The Bertz CT molecular complexity index is 467. The van der Waals surface area contributed by atoms with Gasteiger partial charge in [0.25, 0.3) is 5.91 Å². The average Bonchev–Trinajstić information content (AvgIpc) is 2.36. The molecule has 0 saturated heterocycles. The molecule has 1 aromatic rings. The molecule has 0 saturated carbocycles. The fraction of sp³-hybridized carbons (Fsp3) is 0.333. The number of nitrogens with one attached hydrogen (secondary N) is 1. The van der Waals surface area contributed by atoms with E-state index in [-0.39, 0.29) is 12.3 Å². The van der Waals surface area contributed by atoms with Gasteiger partial charge in [0.1, 0.15) is 6.04 Å². The summed E-state index contributed by atoms with van der Waals surface area (Å²) in [5.41, 5.74) is 5.61. The zero-order valence-electron chi connectivity index (χ0n) is 9.96. The predicted molar refractivity (Wildman–Crippen MR) is 64.1 cm³/mol. The normalized spacial score (nSPS) is 13.1. The zero-order valence-corrected chi connectivity index (χ0v) is 9.96. The minimum atomic E-state index is -0.856. The van der Waals surface area contributed by atoms with Gasteiger partial charge in [0.05, 0.1) is 6.07 Å². The molecule has 1 aromatic heterocycles. The van der Waals surface area contributed by atoms with Gasteiger partial charge in [0.15, 0.2) is 0 Å². The average molecular weight is 246 g/mol. The van der Waals surface area contributed by atoms with Crippen LogP contribution < -0.4 is 11.1 Å². The summed E-state index contributed by atoms with van der Waals surface area (Å²) in [7, 11) is 0. The van der Waals surface area contributed by atoms with Crippen LogP contribution in [-0.4, -0.2) is 22.8 Å². The third-order valence-electron chi connectivity index (χ3n) is 2.52. The van der Waals surface area contributed by atoms with E-state index in [4.69, 9.17) is 11.0 Å². The zero-order chi connectivity index (χ0) is 13.5. The summed E-state index contributed by atoms with van der Waals surface area (Å²) in [6.45, 7) is 1.69. The summed E-state index contributed by atoms with van der Waals surface area (Å²) in [5.74, 6) is -1.40. The van der Waals surface area contributed by atoms with E-state index in [0.717, 1.165) is 0 Å². The fourth-order valence-electron chi connectivity index (χ4n) is 1.48. The lowest BCUT2D eigenvalue weighted by atomic mass is 9.98. The van der Waals surface area contributed by atoms with Crippen molar-refractivity contribution < 1.29 is 9.59 Å². The maximum absolute atomic E-state index is 11.8. The number of amides is 2. The minimum absolute atomic E-state index is 0.143. The van der Waals surface area contributed by atoms with E-state index in [2.05, 4.69) is 10.3 Å². The molecule has 3 N–H and O–H groups in total. The minimum Gasteiger partial charge on any atom is -0.368 e. The molecular formula is C12H14N4O2. The number of aromatic nitrogens is 1. The monoisotopic (exact) mass is 246 g/mol. The van der Waals surface area contributed by atoms with Crippen LogP contribution in [0.3, 0.4) is 0 Å². The molecule has 0 bridgehead atoms. The van der Waals surface area contributed by atoms with Crippen molar-refractivity contribution in [3.05, 3.63) is 30.1 Å². The van der Waals surface area contributed by atoms with Crippen LogP contribution in [-0.2, 0) is 4.79 Å². The van der Waals surface area contributed by atoms with Crippen molar-refractivity contribution in [2.24, 2.45) is 11.7 Å². The molecule has 6 heteroatoms. The Labute approximate surface area is 105 Å². The van der Waals surface area contributed by atoms with Crippen LogP contribution in [0, 0.1) is 17.2 Å². The molecule has 0 radical (unpaired) electrons. The number of pyridine rings is 1. The van der Waals surface area contributed by atoms with E-state index in [0.29, 0.717) is 5.56 Å². The Kier molecular flexibility index (Phi) is 4.81. The van der Waals surface area contributed by atoms with Gasteiger partial charge in [-0.05, 0) is 18.1 Å². The van der Waals surface area contributed by atoms with Gasteiger partial charge in [-0.3, -0.25) is 14.6 Å². The van der Waals surface area contributed by atoms with Crippen molar-refractivity contribution in [3.63, 3.8) is 0 Å². The highest BCUT2D eigenvalue weighted by atomic mass is 16.2. The van der Waals surface area contributed by atoms with Crippen LogP contribution in [0.25, 0.3) is 0 Å². The first-order valence-corrected chi connectivity index (χ1v) is 5.43. The Morgan fingerprint density at radius 3 is 2.61 bits per heavy atom. The van der Waals surface area contributed by atoms with Crippen molar-refractivity contribution in [2.75, 3.05) is 0 Å². The molecule has 0 spiro atoms. The summed E-state index contributed by atoms with van der Waals surface area (Å²) in [5, 5.41) is 11.1. The third kappa shape index (κ3) is 3.56. The molecule has 0 aliphatic rings. The Morgan fingerprint density at radius 2 is 2.11 bits per heavy atom. The summed E-state index contributed by atoms with van der Waals surface area (Å²) in [6, 6.07) is 4.15. The highest BCUT2D eigenvalue weighted by molar-refractivity contribution is 5.97. The van der Waals surface area contributed by atoms with Gasteiger partial charge in [0, 0.05) is 24.4 Å². The summed E-state index contributed by atoms with van der Waals surface area (Å²) in [4.78, 5) is 26.9. The number of hydrogen-bond donors (Lipinski definition) is 2. The number of rotatable bonds is 5. The standard InChI is InChI=1S/C12H14N4O2/c1-8(2-5-13)10(11(14)17)16-12(18)9-3-6-15-7-4-9/h3-4,6-8,10H,2H2,1H3,(H2,14,17)(H,16,18)/t8-,10-/m1/s1. The van der Waals surface area contributed by atoms with Gasteiger partial charge >= 0.3 is 0 Å². The van der Waals surface area contributed by atoms with Gasteiger partial charge in [-0.15, -0.1) is 0 Å². The SMILES string of the molecule is C[C@H](CC#N)[C@@H](NC(=O)c1ccncc1)C(N)=O. The molecular weight excluding hydrogens is 232 g/mol. The Hall–Kier alpha value is -2.42. The second-order valence-corrected chi connectivity index (χ2v) is 3.93. The molecule has 0 aromatic carbocycles. The smallest absolute Gasteiger partial charge is 0.252 e. The van der Waals surface area contributed by atoms with Crippen LogP contribution in [0.1, 0.15) is 23.7 Å². The largest absolute Gasteiger partial charge is 0.368 e. The fourth-order valence-corrected chi connectivity index (χ4v) is 1.48. The van der Waals surface area contributed by atoms with E-state index < -0.39 is 17.9 Å². The first kappa shape index (κ1) is 13.6. The molecule has 94 valence electrons. The Balaban J connectivity index is 2.77. The molecule has 18 heavy (non-hydrogen) atoms. The van der Waals surface area contributed by atoms with Crippen LogP contribution in [0.15, 0.2) is 24.5 Å². The van der Waals surface area contributed by atoms with Crippen molar-refractivity contribution in [1.29, 1.82) is 5.26 Å². The Morgan fingerprint density at radius 1 is 1.50 bits per heavy atom. The molecule has 6 nitrogen and oxygen atoms in total. The third-order valence-corrected chi connectivity index (χ3v) is 2.52. The van der Waals surface area contributed by atoms with Gasteiger partial charge in [-0.1, -0.05) is 6.92 Å². The van der Waals surface area contributed by atoms with E-state index in [1.54, 1.807) is 6.92 Å². The highest BCUT2D eigenvalue weighted by Crippen LogP contribution is 2.08. The van der Waals surface area contributed by atoms with E-state index in [1.807, 2.05) is 6.07 Å². The van der Waals surface area contributed by atoms with E-state index >= 15 is 0 Å². The number of carbonyl (C=O) groups excluding carboxylic acids is 2. The van der Waals surface area contributed by atoms with Gasteiger partial charge < -0.3 is 11.1 Å². The molecule has 1 heterocycles. The first-order chi connectivity index (χ1) is 8.56. The van der Waals surface area contributed by atoms with E-state index in [1.165, 1.54) is 24.5 Å². The van der Waals surface area contributed by atoms with Gasteiger partial charge in [-0.2, -0.15) is 5.26 Å². The maximum Gasteiger partial charge on any atom is 0.252 e. The lowest BCUT2D eigenvalue weighted by Crippen LogP contribution is -2.48. The maximum atomic E-state index is 11.8. The molecule has 0 fully saturated rings. The number of nitriles is 1. The lowest BCUT2D eigenvalue weighted by molar-refractivity contribution is -0.120. The summed E-state index contributed by atoms with van der Waals surface area (Å²) >= 11 is 0. The van der Waals surface area contributed by atoms with Crippen LogP contribution >= 0.6 is 0 Å². The first-order valence-electron chi connectivity index (χ1n) is 5.43. The quantitative estimate of drug-likeness (QED) is 0.774. The van der Waals surface area contributed by atoms with Gasteiger partial charge in [0.2, 0.25) is 5.91 Å². The van der Waals surface area contributed by atoms with E-state index in [9.17, 15) is 9.59 Å². The van der Waals surface area contributed by atoms with Crippen LogP contribution in [0.5, 0.6) is 0 Å². The number of nitrogens with two attached hydrogens (primary N) is 1. The lowest BCUT2D eigenvalue weighted by Gasteiger charge is -2.20. The number of carbonyl (C=O) groups is 2. The topological polar surface area (TPSA) is 109 Å². The predicted octanol–water partition coefficient (Wildman–Crippen LogP) is 0.215.